The second-order valence-corrected chi connectivity index (χ2v) is 9.18. The molecule has 2 amide bonds. The van der Waals surface area contributed by atoms with Crippen molar-refractivity contribution in [2.24, 2.45) is 13.0 Å². The highest BCUT2D eigenvalue weighted by molar-refractivity contribution is 6.08. The summed E-state index contributed by atoms with van der Waals surface area (Å²) in [5.41, 5.74) is 2.68. The summed E-state index contributed by atoms with van der Waals surface area (Å²) in [5, 5.41) is 9.45. The van der Waals surface area contributed by atoms with Crippen LogP contribution in [0.2, 0.25) is 0 Å². The second kappa shape index (κ2) is 10.1. The van der Waals surface area contributed by atoms with E-state index >= 15 is 0 Å². The number of para-hydroxylation sites is 1. The first-order valence-electron chi connectivity index (χ1n) is 12.1. The summed E-state index contributed by atoms with van der Waals surface area (Å²) in [6.45, 7) is 1.43. The minimum absolute atomic E-state index is 0.0428. The van der Waals surface area contributed by atoms with Crippen molar-refractivity contribution in [1.29, 1.82) is 0 Å². The molecule has 1 aliphatic heterocycles. The van der Waals surface area contributed by atoms with E-state index in [-0.39, 0.29) is 11.8 Å². The zero-order valence-corrected chi connectivity index (χ0v) is 19.9. The molecule has 178 valence electrons. The fourth-order valence-electron chi connectivity index (χ4n) is 4.92. The third-order valence-corrected chi connectivity index (χ3v) is 6.77. The van der Waals surface area contributed by atoms with Gasteiger partial charge in [-0.3, -0.25) is 19.3 Å². The first-order chi connectivity index (χ1) is 17.1. The molecule has 4 aromatic rings. The predicted octanol–water partition coefficient (Wildman–Crippen LogP) is 4.71. The Balaban J connectivity index is 1.27. The Labute approximate surface area is 204 Å². The van der Waals surface area contributed by atoms with Gasteiger partial charge in [0.1, 0.15) is 0 Å². The van der Waals surface area contributed by atoms with Crippen molar-refractivity contribution in [3.8, 4) is 0 Å². The van der Waals surface area contributed by atoms with E-state index in [1.165, 1.54) is 16.3 Å². The van der Waals surface area contributed by atoms with Crippen LogP contribution >= 0.6 is 0 Å². The number of hydrogen-bond acceptors (Lipinski definition) is 4. The first kappa shape index (κ1) is 22.8. The molecule has 2 aromatic carbocycles. The van der Waals surface area contributed by atoms with E-state index in [2.05, 4.69) is 39.7 Å². The lowest BCUT2D eigenvalue weighted by Crippen LogP contribution is -2.33. The molecule has 0 unspecified atom stereocenters. The standard InChI is InChI=1S/C28H29N5O2/c1-32-16-13-26(31-32)27(34)30-25-10-3-2-9-24(25)28(35)33-15-5-6-20(12-17-33)18-21-7-4-8-22-19-29-14-11-23(21)22/h2-4,7-11,13-14,16,19-20H,5-6,12,15,17-18H2,1H3,(H,30,34)/t20-/m1/s1. The highest BCUT2D eigenvalue weighted by Gasteiger charge is 2.24. The molecule has 1 N–H and O–H groups in total. The van der Waals surface area contributed by atoms with E-state index in [9.17, 15) is 9.59 Å². The molecule has 0 saturated carbocycles. The van der Waals surface area contributed by atoms with Gasteiger partial charge in [-0.1, -0.05) is 30.3 Å². The lowest BCUT2D eigenvalue weighted by atomic mass is 9.90. The number of hydrogen-bond donors (Lipinski definition) is 1. The van der Waals surface area contributed by atoms with Crippen molar-refractivity contribution in [1.82, 2.24) is 19.7 Å². The zero-order chi connectivity index (χ0) is 24.2. The average molecular weight is 468 g/mol. The van der Waals surface area contributed by atoms with Crippen molar-refractivity contribution in [3.63, 3.8) is 0 Å². The third-order valence-electron chi connectivity index (χ3n) is 6.77. The van der Waals surface area contributed by atoms with Crippen LogP contribution in [0.4, 0.5) is 5.69 Å². The number of pyridine rings is 1. The van der Waals surface area contributed by atoms with E-state index in [1.54, 1.807) is 36.1 Å². The van der Waals surface area contributed by atoms with Crippen molar-refractivity contribution in [2.45, 2.75) is 25.7 Å². The minimum atomic E-state index is -0.327. The monoisotopic (exact) mass is 467 g/mol. The van der Waals surface area contributed by atoms with Crippen LogP contribution in [0.5, 0.6) is 0 Å². The fourth-order valence-corrected chi connectivity index (χ4v) is 4.92. The molecular weight excluding hydrogens is 438 g/mol. The number of amides is 2. The van der Waals surface area contributed by atoms with E-state index in [1.807, 2.05) is 29.4 Å². The highest BCUT2D eigenvalue weighted by Crippen LogP contribution is 2.27. The smallest absolute Gasteiger partial charge is 0.276 e. The second-order valence-electron chi connectivity index (χ2n) is 9.18. The van der Waals surface area contributed by atoms with Gasteiger partial charge >= 0.3 is 0 Å². The number of nitrogens with one attached hydrogen (secondary N) is 1. The van der Waals surface area contributed by atoms with Crippen LogP contribution in [0, 0.1) is 5.92 Å². The van der Waals surface area contributed by atoms with Gasteiger partial charge in [-0.05, 0) is 66.8 Å². The normalized spacial score (nSPS) is 16.1. The number of fused-ring (bicyclic) bond motifs is 1. The molecule has 0 spiro atoms. The van der Waals surface area contributed by atoms with Crippen molar-refractivity contribution >= 4 is 28.3 Å². The molecule has 35 heavy (non-hydrogen) atoms. The van der Waals surface area contributed by atoms with Gasteiger partial charge in [0, 0.05) is 44.1 Å². The molecule has 1 fully saturated rings. The van der Waals surface area contributed by atoms with Crippen LogP contribution in [0.3, 0.4) is 0 Å². The fraction of sp³-hybridized carbons (Fsp3) is 0.286. The molecule has 1 saturated heterocycles. The number of rotatable bonds is 5. The summed E-state index contributed by atoms with van der Waals surface area (Å²) in [6, 6.07) is 17.4. The number of aryl methyl sites for hydroxylation is 1. The Morgan fingerprint density at radius 3 is 2.77 bits per heavy atom. The molecule has 0 bridgehead atoms. The third kappa shape index (κ3) is 5.09. The van der Waals surface area contributed by atoms with E-state index in [4.69, 9.17) is 0 Å². The first-order valence-corrected chi connectivity index (χ1v) is 12.1. The predicted molar refractivity (Wildman–Crippen MR) is 136 cm³/mol. The Morgan fingerprint density at radius 2 is 1.91 bits per heavy atom. The molecule has 5 rings (SSSR count). The maximum absolute atomic E-state index is 13.5. The Bertz CT molecular complexity index is 1360. The maximum atomic E-state index is 13.5. The van der Waals surface area contributed by atoms with Crippen LogP contribution in [-0.2, 0) is 13.5 Å². The Hall–Kier alpha value is -4.00. The minimum Gasteiger partial charge on any atom is -0.339 e. The quantitative estimate of drug-likeness (QED) is 0.461. The summed E-state index contributed by atoms with van der Waals surface area (Å²) in [7, 11) is 1.76. The molecule has 0 aliphatic carbocycles. The molecule has 7 heteroatoms. The summed E-state index contributed by atoms with van der Waals surface area (Å²) in [6.07, 6.45) is 9.48. The number of likely N-dealkylation sites (tertiary alicyclic amines) is 1. The molecule has 1 aliphatic rings. The van der Waals surface area contributed by atoms with E-state index < -0.39 is 0 Å². The van der Waals surface area contributed by atoms with Gasteiger partial charge in [-0.25, -0.2) is 0 Å². The van der Waals surface area contributed by atoms with Gasteiger partial charge in [0.2, 0.25) is 0 Å². The number of carbonyl (C=O) groups excluding carboxylic acids is 2. The summed E-state index contributed by atoms with van der Waals surface area (Å²) in [4.78, 5) is 32.3. The average Bonchev–Trinajstić information content (AvgIpc) is 3.18. The molecule has 1 atom stereocenters. The summed E-state index contributed by atoms with van der Waals surface area (Å²) < 4.78 is 1.58. The maximum Gasteiger partial charge on any atom is 0.276 e. The summed E-state index contributed by atoms with van der Waals surface area (Å²) >= 11 is 0. The van der Waals surface area contributed by atoms with Gasteiger partial charge < -0.3 is 10.2 Å². The largest absolute Gasteiger partial charge is 0.339 e. The van der Waals surface area contributed by atoms with Crippen molar-refractivity contribution in [2.75, 3.05) is 18.4 Å². The zero-order valence-electron chi connectivity index (χ0n) is 19.9. The van der Waals surface area contributed by atoms with Crippen LogP contribution in [-0.4, -0.2) is 44.6 Å². The van der Waals surface area contributed by atoms with Crippen LogP contribution in [0.1, 0.15) is 45.7 Å². The molecule has 2 aromatic heterocycles. The van der Waals surface area contributed by atoms with E-state index in [0.717, 1.165) is 32.2 Å². The Kier molecular flexibility index (Phi) is 6.57. The lowest BCUT2D eigenvalue weighted by molar-refractivity contribution is 0.0761. The highest BCUT2D eigenvalue weighted by atomic mass is 16.2. The molecule has 7 nitrogen and oxygen atoms in total. The molecular formula is C28H29N5O2. The van der Waals surface area contributed by atoms with Gasteiger partial charge in [0.25, 0.3) is 11.8 Å². The van der Waals surface area contributed by atoms with Crippen LogP contribution in [0.15, 0.2) is 73.2 Å². The van der Waals surface area contributed by atoms with Crippen LogP contribution < -0.4 is 5.32 Å². The number of nitrogens with zero attached hydrogens (tertiary/aromatic N) is 4. The summed E-state index contributed by atoms with van der Waals surface area (Å²) in [5.74, 6) is 0.150. The van der Waals surface area contributed by atoms with Gasteiger partial charge in [-0.2, -0.15) is 5.10 Å². The number of anilines is 1. The lowest BCUT2D eigenvalue weighted by Gasteiger charge is -2.22. The topological polar surface area (TPSA) is 80.1 Å². The van der Waals surface area contributed by atoms with Gasteiger partial charge in [-0.15, -0.1) is 0 Å². The molecule has 3 heterocycles. The Morgan fingerprint density at radius 1 is 1.03 bits per heavy atom. The number of benzene rings is 2. The van der Waals surface area contributed by atoms with E-state index in [0.29, 0.717) is 29.4 Å². The van der Waals surface area contributed by atoms with Crippen molar-refractivity contribution in [3.05, 3.63) is 90.0 Å². The van der Waals surface area contributed by atoms with Crippen LogP contribution in [0.25, 0.3) is 10.8 Å². The van der Waals surface area contributed by atoms with Gasteiger partial charge in [0.15, 0.2) is 5.69 Å². The van der Waals surface area contributed by atoms with Crippen molar-refractivity contribution < 1.29 is 9.59 Å². The number of carbonyl (C=O) groups is 2. The molecule has 0 radical (unpaired) electrons. The SMILES string of the molecule is Cn1ccc(C(=O)Nc2ccccc2C(=O)N2CCC[C@@H](Cc3cccc4cnccc34)CC2)n1. The number of aromatic nitrogens is 3. The van der Waals surface area contributed by atoms with Gasteiger partial charge in [0.05, 0.1) is 11.3 Å².